The lowest BCUT2D eigenvalue weighted by Crippen LogP contribution is -2.44. The highest BCUT2D eigenvalue weighted by atomic mass is 19.4. The third-order valence-electron chi connectivity index (χ3n) is 3.79. The molecule has 1 saturated heterocycles. The monoisotopic (exact) mass is 439 g/mol. The standard InChI is InChI=1S/C15H14F3N5O2.CHF3O/c16-15(17,18)11-3-2-9(14(25)22-11)10-6-12(21-8-20-10)19-7-13(24)23-4-1-5-23;2-1(3,4)5/h2-3,6,8H,1,4-5,7H2,(H,22,25)(H,19,20,21);5H. The van der Waals surface area contributed by atoms with Gasteiger partial charge in [0.2, 0.25) is 5.91 Å². The van der Waals surface area contributed by atoms with Crippen LogP contribution in [-0.2, 0) is 11.0 Å². The smallest absolute Gasteiger partial charge is 0.361 e. The molecule has 1 aliphatic rings. The van der Waals surface area contributed by atoms with Crippen molar-refractivity contribution < 1.29 is 36.2 Å². The summed E-state index contributed by atoms with van der Waals surface area (Å²) in [6.45, 7) is 1.51. The van der Waals surface area contributed by atoms with Crippen LogP contribution in [0, 0.1) is 0 Å². The van der Waals surface area contributed by atoms with Gasteiger partial charge in [-0.2, -0.15) is 13.2 Å². The SMILES string of the molecule is O=C(CNc1cc(-c2ccc(C(F)(F)F)[nH]c2=O)ncn1)N1CCC1.OC(F)(F)F. The Morgan fingerprint density at radius 2 is 1.80 bits per heavy atom. The maximum absolute atomic E-state index is 12.6. The third-order valence-corrected chi connectivity index (χ3v) is 3.79. The molecule has 0 unspecified atom stereocenters. The molecule has 1 fully saturated rings. The van der Waals surface area contributed by atoms with Crippen molar-refractivity contribution in [2.75, 3.05) is 25.0 Å². The normalized spacial score (nSPS) is 13.8. The lowest BCUT2D eigenvalue weighted by molar-refractivity contribution is -0.295. The third kappa shape index (κ3) is 7.02. The van der Waals surface area contributed by atoms with Gasteiger partial charge in [0.05, 0.1) is 17.8 Å². The Morgan fingerprint density at radius 3 is 2.30 bits per heavy atom. The van der Waals surface area contributed by atoms with E-state index in [-0.39, 0.29) is 23.7 Å². The number of halogens is 6. The zero-order chi connectivity index (χ0) is 22.5. The van der Waals surface area contributed by atoms with Gasteiger partial charge in [-0.05, 0) is 18.6 Å². The largest absolute Gasteiger partial charge is 0.519 e. The molecule has 0 spiro atoms. The quantitative estimate of drug-likeness (QED) is 0.629. The van der Waals surface area contributed by atoms with E-state index < -0.39 is 23.8 Å². The first kappa shape index (κ1) is 23.1. The number of carbonyl (C=O) groups is 1. The average Bonchev–Trinajstić information content (AvgIpc) is 2.56. The number of anilines is 1. The van der Waals surface area contributed by atoms with E-state index in [1.807, 2.05) is 0 Å². The van der Waals surface area contributed by atoms with Gasteiger partial charge < -0.3 is 20.3 Å². The number of alkyl halides is 6. The van der Waals surface area contributed by atoms with Gasteiger partial charge in [-0.3, -0.25) is 9.59 Å². The molecule has 30 heavy (non-hydrogen) atoms. The van der Waals surface area contributed by atoms with Gasteiger partial charge in [-0.1, -0.05) is 0 Å². The van der Waals surface area contributed by atoms with Crippen molar-refractivity contribution in [3.8, 4) is 11.3 Å². The van der Waals surface area contributed by atoms with Crippen molar-refractivity contribution in [1.29, 1.82) is 0 Å². The second-order valence-corrected chi connectivity index (χ2v) is 5.96. The zero-order valence-electron chi connectivity index (χ0n) is 15.0. The number of pyridine rings is 1. The van der Waals surface area contributed by atoms with Gasteiger partial charge >= 0.3 is 12.5 Å². The molecule has 3 N–H and O–H groups in total. The van der Waals surface area contributed by atoms with Crippen LogP contribution in [0.5, 0.6) is 0 Å². The molecule has 0 aromatic carbocycles. The Kier molecular flexibility index (Phi) is 7.02. The van der Waals surface area contributed by atoms with Gasteiger partial charge in [0.15, 0.2) is 0 Å². The van der Waals surface area contributed by atoms with E-state index in [0.29, 0.717) is 5.82 Å². The lowest BCUT2D eigenvalue weighted by Gasteiger charge is -2.30. The summed E-state index contributed by atoms with van der Waals surface area (Å²) in [6, 6.07) is 3.24. The van der Waals surface area contributed by atoms with Crippen molar-refractivity contribution in [2.45, 2.75) is 19.0 Å². The van der Waals surface area contributed by atoms with E-state index in [9.17, 15) is 35.9 Å². The second-order valence-electron chi connectivity index (χ2n) is 5.96. The van der Waals surface area contributed by atoms with Crippen molar-refractivity contribution >= 4 is 11.7 Å². The minimum atomic E-state index is -5.00. The Morgan fingerprint density at radius 1 is 1.17 bits per heavy atom. The summed E-state index contributed by atoms with van der Waals surface area (Å²) in [5.41, 5.74) is -1.90. The van der Waals surface area contributed by atoms with Crippen LogP contribution >= 0.6 is 0 Å². The molecule has 1 aliphatic heterocycles. The van der Waals surface area contributed by atoms with Crippen molar-refractivity contribution in [3.63, 3.8) is 0 Å². The fraction of sp³-hybridized carbons (Fsp3) is 0.375. The molecule has 0 saturated carbocycles. The number of H-pyrrole nitrogens is 1. The van der Waals surface area contributed by atoms with E-state index in [4.69, 9.17) is 5.11 Å². The number of aromatic nitrogens is 3. The predicted octanol–water partition coefficient (Wildman–Crippen LogP) is 1.99. The molecule has 8 nitrogen and oxygen atoms in total. The van der Waals surface area contributed by atoms with Crippen LogP contribution < -0.4 is 10.9 Å². The van der Waals surface area contributed by atoms with E-state index in [1.165, 1.54) is 12.4 Å². The summed E-state index contributed by atoms with van der Waals surface area (Å²) in [5, 5.41) is 9.35. The van der Waals surface area contributed by atoms with Crippen LogP contribution in [0.2, 0.25) is 0 Å². The summed E-state index contributed by atoms with van der Waals surface area (Å²) in [6.07, 6.45) is -7.48. The number of hydrogen-bond donors (Lipinski definition) is 3. The first-order valence-electron chi connectivity index (χ1n) is 8.28. The molecule has 2 aromatic rings. The number of aromatic amines is 1. The van der Waals surface area contributed by atoms with E-state index in [0.717, 1.165) is 31.6 Å². The zero-order valence-corrected chi connectivity index (χ0v) is 15.0. The maximum atomic E-state index is 12.6. The van der Waals surface area contributed by atoms with E-state index in [2.05, 4.69) is 15.3 Å². The maximum Gasteiger partial charge on any atom is 0.519 e. The number of rotatable bonds is 4. The van der Waals surface area contributed by atoms with E-state index in [1.54, 1.807) is 9.88 Å². The number of hydrogen-bond acceptors (Lipinski definition) is 6. The average molecular weight is 439 g/mol. The Balaban J connectivity index is 0.000000575. The minimum Gasteiger partial charge on any atom is -0.361 e. The first-order chi connectivity index (χ1) is 13.8. The molecule has 164 valence electrons. The van der Waals surface area contributed by atoms with Crippen molar-refractivity contribution in [3.05, 3.63) is 40.6 Å². The minimum absolute atomic E-state index is 0.0208. The molecule has 3 heterocycles. The van der Waals surface area contributed by atoms with Gasteiger partial charge in [-0.15, -0.1) is 13.2 Å². The molecule has 2 aromatic heterocycles. The van der Waals surface area contributed by atoms with Crippen LogP contribution in [0.3, 0.4) is 0 Å². The fourth-order valence-corrected chi connectivity index (χ4v) is 2.29. The Bertz CT molecular complexity index is 934. The Hall–Kier alpha value is -3.16. The van der Waals surface area contributed by atoms with E-state index >= 15 is 0 Å². The van der Waals surface area contributed by atoms with Crippen LogP contribution in [0.4, 0.5) is 32.2 Å². The number of nitrogens with one attached hydrogen (secondary N) is 2. The summed E-state index contributed by atoms with van der Waals surface area (Å²) in [4.78, 5) is 35.0. The molecule has 0 radical (unpaired) electrons. The molecule has 0 bridgehead atoms. The summed E-state index contributed by atoms with van der Waals surface area (Å²) < 4.78 is 67.5. The lowest BCUT2D eigenvalue weighted by atomic mass is 10.2. The molecule has 3 rings (SSSR count). The summed E-state index contributed by atoms with van der Waals surface area (Å²) in [7, 11) is 0. The first-order valence-corrected chi connectivity index (χ1v) is 8.28. The molecule has 1 amide bonds. The van der Waals surface area contributed by atoms with Gasteiger partial charge in [0.1, 0.15) is 17.8 Å². The second kappa shape index (κ2) is 9.11. The topological polar surface area (TPSA) is 111 Å². The van der Waals surface area contributed by atoms with Crippen molar-refractivity contribution in [2.24, 2.45) is 0 Å². The highest BCUT2D eigenvalue weighted by Gasteiger charge is 2.32. The number of likely N-dealkylation sites (tertiary alicyclic amines) is 1. The molecular weight excluding hydrogens is 424 g/mol. The van der Waals surface area contributed by atoms with Crippen LogP contribution in [-0.4, -0.2) is 56.9 Å². The van der Waals surface area contributed by atoms with Gasteiger partial charge in [-0.25, -0.2) is 9.97 Å². The molecule has 0 aliphatic carbocycles. The molecule has 14 heteroatoms. The van der Waals surface area contributed by atoms with Crippen LogP contribution in [0.25, 0.3) is 11.3 Å². The summed E-state index contributed by atoms with van der Waals surface area (Å²) >= 11 is 0. The number of carbonyl (C=O) groups excluding carboxylic acids is 1. The number of nitrogens with zero attached hydrogens (tertiary/aromatic N) is 3. The van der Waals surface area contributed by atoms with Gasteiger partial charge in [0, 0.05) is 19.2 Å². The van der Waals surface area contributed by atoms with Crippen molar-refractivity contribution in [1.82, 2.24) is 19.9 Å². The molecule has 0 atom stereocenters. The van der Waals surface area contributed by atoms with Crippen LogP contribution in [0.15, 0.2) is 29.3 Å². The van der Waals surface area contributed by atoms with Crippen LogP contribution in [0.1, 0.15) is 12.1 Å². The molecular formula is C16H15F6N5O3. The predicted molar refractivity (Wildman–Crippen MR) is 91.1 cm³/mol. The highest BCUT2D eigenvalue weighted by Crippen LogP contribution is 2.27. The summed E-state index contributed by atoms with van der Waals surface area (Å²) in [5.74, 6) is 0.233. The van der Waals surface area contributed by atoms with Gasteiger partial charge in [0.25, 0.3) is 5.56 Å². The fourth-order valence-electron chi connectivity index (χ4n) is 2.29. The highest BCUT2D eigenvalue weighted by molar-refractivity contribution is 5.81. The Labute approximate surface area is 164 Å². The number of amides is 1. The number of aliphatic hydroxyl groups is 1.